The maximum atomic E-state index is 11.6. The fourth-order valence-electron chi connectivity index (χ4n) is 1.77. The molecular formula is C14H12Cl2N2O2. The van der Waals surface area contributed by atoms with Crippen LogP contribution < -0.4 is 11.1 Å². The Kier molecular flexibility index (Phi) is 4.37. The zero-order valence-electron chi connectivity index (χ0n) is 10.3. The molecule has 0 radical (unpaired) electrons. The van der Waals surface area contributed by atoms with Gasteiger partial charge in [-0.2, -0.15) is 0 Å². The van der Waals surface area contributed by atoms with Crippen molar-refractivity contribution in [3.63, 3.8) is 0 Å². The SMILES string of the molecule is NC(=O)C(Nc1cccc(Cl)c1)c1ccc(O)c(Cl)c1. The Hall–Kier alpha value is -1.91. The number of nitrogens with one attached hydrogen (secondary N) is 1. The van der Waals surface area contributed by atoms with Gasteiger partial charge in [-0.25, -0.2) is 0 Å². The number of aromatic hydroxyl groups is 1. The molecule has 6 heteroatoms. The second-order valence-corrected chi connectivity index (χ2v) is 5.04. The number of hydrogen-bond acceptors (Lipinski definition) is 3. The largest absolute Gasteiger partial charge is 0.506 e. The van der Waals surface area contributed by atoms with E-state index in [1.54, 1.807) is 30.3 Å². The maximum absolute atomic E-state index is 11.6. The number of phenolic OH excluding ortho intramolecular Hbond substituents is 1. The van der Waals surface area contributed by atoms with Crippen LogP contribution in [-0.2, 0) is 4.79 Å². The Balaban J connectivity index is 2.32. The second kappa shape index (κ2) is 6.03. The molecule has 2 aromatic rings. The fraction of sp³-hybridized carbons (Fsp3) is 0.0714. The van der Waals surface area contributed by atoms with E-state index in [0.29, 0.717) is 16.3 Å². The fourth-order valence-corrected chi connectivity index (χ4v) is 2.15. The number of anilines is 1. The predicted molar refractivity (Wildman–Crippen MR) is 80.1 cm³/mol. The third-order valence-electron chi connectivity index (χ3n) is 2.73. The molecule has 0 aliphatic rings. The summed E-state index contributed by atoms with van der Waals surface area (Å²) in [7, 11) is 0. The summed E-state index contributed by atoms with van der Waals surface area (Å²) < 4.78 is 0. The lowest BCUT2D eigenvalue weighted by Gasteiger charge is -2.17. The van der Waals surface area contributed by atoms with Gasteiger partial charge in [0.1, 0.15) is 11.8 Å². The van der Waals surface area contributed by atoms with E-state index in [1.165, 1.54) is 12.1 Å². The molecule has 0 aromatic heterocycles. The summed E-state index contributed by atoms with van der Waals surface area (Å²) in [5.74, 6) is -0.617. The molecule has 1 atom stereocenters. The molecule has 104 valence electrons. The van der Waals surface area contributed by atoms with Crippen LogP contribution in [0.2, 0.25) is 10.0 Å². The summed E-state index contributed by atoms with van der Waals surface area (Å²) in [6.07, 6.45) is 0. The Morgan fingerprint density at radius 1 is 1.20 bits per heavy atom. The first-order valence-corrected chi connectivity index (χ1v) is 6.53. The maximum Gasteiger partial charge on any atom is 0.244 e. The zero-order valence-corrected chi connectivity index (χ0v) is 11.8. The Morgan fingerprint density at radius 3 is 2.55 bits per heavy atom. The van der Waals surface area contributed by atoms with E-state index in [4.69, 9.17) is 28.9 Å². The summed E-state index contributed by atoms with van der Waals surface area (Å²) in [6, 6.07) is 10.6. The molecule has 0 bridgehead atoms. The number of rotatable bonds is 4. The molecule has 2 rings (SSSR count). The van der Waals surface area contributed by atoms with Crippen molar-refractivity contribution in [3.8, 4) is 5.75 Å². The van der Waals surface area contributed by atoms with E-state index < -0.39 is 11.9 Å². The number of phenols is 1. The van der Waals surface area contributed by atoms with Crippen molar-refractivity contribution in [1.29, 1.82) is 0 Å². The molecule has 0 saturated heterocycles. The molecule has 2 aromatic carbocycles. The van der Waals surface area contributed by atoms with Gasteiger partial charge in [-0.15, -0.1) is 0 Å². The summed E-state index contributed by atoms with van der Waals surface area (Å²) in [5.41, 5.74) is 6.62. The molecule has 0 spiro atoms. The van der Waals surface area contributed by atoms with Gasteiger partial charge >= 0.3 is 0 Å². The topological polar surface area (TPSA) is 75.4 Å². The van der Waals surface area contributed by atoms with Crippen molar-refractivity contribution in [2.75, 3.05) is 5.32 Å². The summed E-state index contributed by atoms with van der Waals surface area (Å²) in [4.78, 5) is 11.6. The van der Waals surface area contributed by atoms with Gasteiger partial charge in [0.25, 0.3) is 0 Å². The highest BCUT2D eigenvalue weighted by Crippen LogP contribution is 2.28. The molecule has 0 saturated carbocycles. The quantitative estimate of drug-likeness (QED) is 0.810. The highest BCUT2D eigenvalue weighted by atomic mass is 35.5. The summed E-state index contributed by atoms with van der Waals surface area (Å²) in [5, 5.41) is 13.1. The summed E-state index contributed by atoms with van der Waals surface area (Å²) >= 11 is 11.7. The normalized spacial score (nSPS) is 11.9. The highest BCUT2D eigenvalue weighted by Gasteiger charge is 2.18. The van der Waals surface area contributed by atoms with Crippen LogP contribution in [0.4, 0.5) is 5.69 Å². The average molecular weight is 311 g/mol. The molecule has 1 amide bonds. The first-order chi connectivity index (χ1) is 9.47. The first-order valence-electron chi connectivity index (χ1n) is 5.77. The first kappa shape index (κ1) is 14.5. The lowest BCUT2D eigenvalue weighted by Crippen LogP contribution is -2.27. The van der Waals surface area contributed by atoms with Gasteiger partial charge < -0.3 is 16.2 Å². The van der Waals surface area contributed by atoms with Crippen molar-refractivity contribution in [3.05, 3.63) is 58.1 Å². The van der Waals surface area contributed by atoms with Crippen molar-refractivity contribution in [1.82, 2.24) is 0 Å². The molecule has 4 N–H and O–H groups in total. The number of carbonyl (C=O) groups excluding carboxylic acids is 1. The number of amides is 1. The molecular weight excluding hydrogens is 299 g/mol. The van der Waals surface area contributed by atoms with Crippen LogP contribution in [-0.4, -0.2) is 11.0 Å². The number of benzene rings is 2. The van der Waals surface area contributed by atoms with Gasteiger partial charge in [0.2, 0.25) is 5.91 Å². The molecule has 20 heavy (non-hydrogen) atoms. The molecule has 1 unspecified atom stereocenters. The minimum atomic E-state index is -0.772. The molecule has 0 fully saturated rings. The van der Waals surface area contributed by atoms with Crippen LogP contribution in [0, 0.1) is 0 Å². The lowest BCUT2D eigenvalue weighted by atomic mass is 10.1. The number of nitrogens with two attached hydrogens (primary N) is 1. The Labute approximate surface area is 126 Å². The third kappa shape index (κ3) is 3.35. The summed E-state index contributed by atoms with van der Waals surface area (Å²) in [6.45, 7) is 0. The average Bonchev–Trinajstić information content (AvgIpc) is 2.39. The van der Waals surface area contributed by atoms with Crippen molar-refractivity contribution >= 4 is 34.8 Å². The third-order valence-corrected chi connectivity index (χ3v) is 3.26. The van der Waals surface area contributed by atoms with Gasteiger partial charge in [-0.1, -0.05) is 35.3 Å². The van der Waals surface area contributed by atoms with Gasteiger partial charge in [-0.05, 0) is 35.9 Å². The number of primary amides is 1. The predicted octanol–water partition coefficient (Wildman–Crippen LogP) is 3.34. The van der Waals surface area contributed by atoms with Gasteiger partial charge in [0.15, 0.2) is 0 Å². The van der Waals surface area contributed by atoms with Crippen LogP contribution in [0.5, 0.6) is 5.75 Å². The smallest absolute Gasteiger partial charge is 0.244 e. The van der Waals surface area contributed by atoms with Crippen LogP contribution in [0.15, 0.2) is 42.5 Å². The molecule has 4 nitrogen and oxygen atoms in total. The van der Waals surface area contributed by atoms with Crippen LogP contribution >= 0.6 is 23.2 Å². The van der Waals surface area contributed by atoms with Crippen molar-refractivity contribution < 1.29 is 9.90 Å². The van der Waals surface area contributed by atoms with E-state index in [2.05, 4.69) is 5.32 Å². The highest BCUT2D eigenvalue weighted by molar-refractivity contribution is 6.32. The molecule has 0 aliphatic carbocycles. The Morgan fingerprint density at radius 2 is 1.95 bits per heavy atom. The number of hydrogen-bond donors (Lipinski definition) is 3. The van der Waals surface area contributed by atoms with E-state index in [-0.39, 0.29) is 10.8 Å². The molecule has 0 heterocycles. The van der Waals surface area contributed by atoms with E-state index in [9.17, 15) is 9.90 Å². The monoisotopic (exact) mass is 310 g/mol. The van der Waals surface area contributed by atoms with Crippen LogP contribution in [0.3, 0.4) is 0 Å². The zero-order chi connectivity index (χ0) is 14.7. The second-order valence-electron chi connectivity index (χ2n) is 4.20. The van der Waals surface area contributed by atoms with E-state index in [0.717, 1.165) is 0 Å². The van der Waals surface area contributed by atoms with Crippen LogP contribution in [0.25, 0.3) is 0 Å². The van der Waals surface area contributed by atoms with E-state index >= 15 is 0 Å². The van der Waals surface area contributed by atoms with Gasteiger partial charge in [0, 0.05) is 10.7 Å². The van der Waals surface area contributed by atoms with Gasteiger partial charge in [-0.3, -0.25) is 4.79 Å². The minimum Gasteiger partial charge on any atom is -0.506 e. The van der Waals surface area contributed by atoms with E-state index in [1.807, 2.05) is 0 Å². The lowest BCUT2D eigenvalue weighted by molar-refractivity contribution is -0.118. The molecule has 0 aliphatic heterocycles. The number of halogens is 2. The Bertz CT molecular complexity index is 647. The van der Waals surface area contributed by atoms with Gasteiger partial charge in [0.05, 0.1) is 5.02 Å². The van der Waals surface area contributed by atoms with Crippen molar-refractivity contribution in [2.24, 2.45) is 5.73 Å². The number of carbonyl (C=O) groups is 1. The minimum absolute atomic E-state index is 0.0543. The standard InChI is InChI=1S/C14H12Cl2N2O2/c15-9-2-1-3-10(7-9)18-13(14(17)20)8-4-5-12(19)11(16)6-8/h1-7,13,18-19H,(H2,17,20). The van der Waals surface area contributed by atoms with Crippen LogP contribution in [0.1, 0.15) is 11.6 Å². The van der Waals surface area contributed by atoms with Crippen molar-refractivity contribution in [2.45, 2.75) is 6.04 Å².